The Kier molecular flexibility index (Phi) is 5.62. The van der Waals surface area contributed by atoms with Crippen molar-refractivity contribution in [1.82, 2.24) is 0 Å². The van der Waals surface area contributed by atoms with Crippen LogP contribution in [0.4, 0.5) is 0 Å². The second-order valence-electron chi connectivity index (χ2n) is 5.95. The first-order chi connectivity index (χ1) is 10.9. The van der Waals surface area contributed by atoms with Gasteiger partial charge >= 0.3 is 5.97 Å². The van der Waals surface area contributed by atoms with Crippen molar-refractivity contribution in [3.05, 3.63) is 69.8 Å². The Labute approximate surface area is 142 Å². The van der Waals surface area contributed by atoms with Gasteiger partial charge in [-0.3, -0.25) is 0 Å². The second-order valence-corrected chi connectivity index (χ2v) is 6.32. The van der Waals surface area contributed by atoms with Gasteiger partial charge in [-0.05, 0) is 60.2 Å². The van der Waals surface area contributed by atoms with Gasteiger partial charge in [0.2, 0.25) is 0 Å². The predicted octanol–water partition coefficient (Wildman–Crippen LogP) is 5.70. The van der Waals surface area contributed by atoms with Gasteiger partial charge in [0.25, 0.3) is 0 Å². The van der Waals surface area contributed by atoms with Crippen LogP contribution in [0.15, 0.2) is 42.5 Å². The van der Waals surface area contributed by atoms with Crippen LogP contribution in [-0.2, 0) is 4.79 Å². The number of aryl methyl sites for hydroxylation is 2. The summed E-state index contributed by atoms with van der Waals surface area (Å²) in [4.78, 5) is 11.9. The highest BCUT2D eigenvalue weighted by Gasteiger charge is 2.06. The van der Waals surface area contributed by atoms with Crippen LogP contribution in [0.3, 0.4) is 0 Å². The average Bonchev–Trinajstić information content (AvgIpc) is 2.51. The van der Waals surface area contributed by atoms with E-state index in [1.54, 1.807) is 18.2 Å². The minimum absolute atomic E-state index is 0.404. The zero-order valence-electron chi connectivity index (χ0n) is 13.9. The molecule has 0 amide bonds. The third-order valence-corrected chi connectivity index (χ3v) is 4.24. The lowest BCUT2D eigenvalue weighted by atomic mass is 10.0. The fourth-order valence-electron chi connectivity index (χ4n) is 2.27. The average molecular weight is 329 g/mol. The summed E-state index contributed by atoms with van der Waals surface area (Å²) in [6.07, 6.45) is 3.19. The van der Waals surface area contributed by atoms with Gasteiger partial charge in [0.05, 0.1) is 0 Å². The fraction of sp³-hybridized carbons (Fsp3) is 0.250. The standard InChI is InChI=1S/C20H21ClO2/c1-13(2)17-8-5-16(6-9-17)7-10-19(22)23-18-11-14(3)20(21)15(4)12-18/h5-13H,1-4H3/b10-7+. The molecule has 0 radical (unpaired) electrons. The molecule has 0 fully saturated rings. The van der Waals surface area contributed by atoms with Crippen LogP contribution in [-0.4, -0.2) is 5.97 Å². The van der Waals surface area contributed by atoms with Crippen LogP contribution >= 0.6 is 11.6 Å². The van der Waals surface area contributed by atoms with Crippen LogP contribution in [0.5, 0.6) is 5.75 Å². The molecule has 3 heteroatoms. The molecule has 0 aliphatic rings. The summed E-state index contributed by atoms with van der Waals surface area (Å²) in [6, 6.07) is 11.7. The number of carbonyl (C=O) groups is 1. The highest BCUT2D eigenvalue weighted by molar-refractivity contribution is 6.32. The van der Waals surface area contributed by atoms with E-state index < -0.39 is 5.97 Å². The van der Waals surface area contributed by atoms with Crippen LogP contribution < -0.4 is 4.74 Å². The molecule has 0 heterocycles. The zero-order chi connectivity index (χ0) is 17.0. The Morgan fingerprint density at radius 1 is 1.09 bits per heavy atom. The van der Waals surface area contributed by atoms with Crippen molar-refractivity contribution in [1.29, 1.82) is 0 Å². The largest absolute Gasteiger partial charge is 0.423 e. The van der Waals surface area contributed by atoms with E-state index in [1.165, 1.54) is 11.6 Å². The van der Waals surface area contributed by atoms with Crippen molar-refractivity contribution in [3.63, 3.8) is 0 Å². The van der Waals surface area contributed by atoms with Gasteiger partial charge in [-0.1, -0.05) is 49.7 Å². The molecule has 0 aliphatic carbocycles. The molecule has 2 nitrogen and oxygen atoms in total. The monoisotopic (exact) mass is 328 g/mol. The molecule has 2 rings (SSSR count). The molecule has 0 saturated carbocycles. The smallest absolute Gasteiger partial charge is 0.336 e. The molecule has 23 heavy (non-hydrogen) atoms. The van der Waals surface area contributed by atoms with Gasteiger partial charge in [-0.2, -0.15) is 0 Å². The number of halogens is 1. The van der Waals surface area contributed by atoms with Gasteiger partial charge in [0.1, 0.15) is 5.75 Å². The number of hydrogen-bond acceptors (Lipinski definition) is 2. The summed E-state index contributed by atoms with van der Waals surface area (Å²) < 4.78 is 5.33. The van der Waals surface area contributed by atoms with Crippen molar-refractivity contribution in [2.45, 2.75) is 33.6 Å². The van der Waals surface area contributed by atoms with Gasteiger partial charge in [0, 0.05) is 11.1 Å². The minimum atomic E-state index is -0.404. The first kappa shape index (κ1) is 17.3. The topological polar surface area (TPSA) is 26.3 Å². The van der Waals surface area contributed by atoms with Crippen molar-refractivity contribution in [3.8, 4) is 5.75 Å². The van der Waals surface area contributed by atoms with Crippen LogP contribution in [0, 0.1) is 13.8 Å². The third kappa shape index (κ3) is 4.70. The SMILES string of the molecule is Cc1cc(OC(=O)/C=C/c2ccc(C(C)C)cc2)cc(C)c1Cl. The lowest BCUT2D eigenvalue weighted by Gasteiger charge is -2.07. The quantitative estimate of drug-likeness (QED) is 0.409. The summed E-state index contributed by atoms with van der Waals surface area (Å²) in [5.74, 6) is 0.600. The maximum atomic E-state index is 11.9. The Morgan fingerprint density at radius 2 is 1.65 bits per heavy atom. The highest BCUT2D eigenvalue weighted by Crippen LogP contribution is 2.26. The van der Waals surface area contributed by atoms with Gasteiger partial charge in [-0.25, -0.2) is 4.79 Å². The van der Waals surface area contributed by atoms with E-state index in [1.807, 2.05) is 26.0 Å². The zero-order valence-corrected chi connectivity index (χ0v) is 14.6. The summed E-state index contributed by atoms with van der Waals surface area (Å²) >= 11 is 6.11. The molecule has 120 valence electrons. The Hall–Kier alpha value is -2.06. The third-order valence-electron chi connectivity index (χ3n) is 3.64. The summed E-state index contributed by atoms with van der Waals surface area (Å²) in [7, 11) is 0. The number of rotatable bonds is 4. The Morgan fingerprint density at radius 3 is 2.17 bits per heavy atom. The van der Waals surface area contributed by atoms with Gasteiger partial charge in [0.15, 0.2) is 0 Å². The molecule has 0 aliphatic heterocycles. The summed E-state index contributed by atoms with van der Waals surface area (Å²) in [6.45, 7) is 8.08. The van der Waals surface area contributed by atoms with Crippen molar-refractivity contribution in [2.75, 3.05) is 0 Å². The summed E-state index contributed by atoms with van der Waals surface area (Å²) in [5.41, 5.74) is 4.03. The normalized spacial score (nSPS) is 11.2. The number of benzene rings is 2. The van der Waals surface area contributed by atoms with E-state index in [0.29, 0.717) is 16.7 Å². The van der Waals surface area contributed by atoms with E-state index in [4.69, 9.17) is 16.3 Å². The Balaban J connectivity index is 2.04. The number of ether oxygens (including phenoxy) is 1. The first-order valence-corrected chi connectivity index (χ1v) is 8.01. The molecule has 0 bridgehead atoms. The molecule has 2 aromatic carbocycles. The van der Waals surface area contributed by atoms with Crippen molar-refractivity contribution >= 4 is 23.6 Å². The number of esters is 1. The van der Waals surface area contributed by atoms with Crippen LogP contribution in [0.1, 0.15) is 42.0 Å². The molecule has 0 unspecified atom stereocenters. The van der Waals surface area contributed by atoms with Gasteiger partial charge < -0.3 is 4.74 Å². The summed E-state index contributed by atoms with van der Waals surface area (Å²) in [5, 5.41) is 0.700. The predicted molar refractivity (Wildman–Crippen MR) is 96.1 cm³/mol. The fourth-order valence-corrected chi connectivity index (χ4v) is 2.38. The maximum Gasteiger partial charge on any atom is 0.336 e. The number of hydrogen-bond donors (Lipinski definition) is 0. The van der Waals surface area contributed by atoms with E-state index in [0.717, 1.165) is 16.7 Å². The van der Waals surface area contributed by atoms with E-state index in [2.05, 4.69) is 26.0 Å². The first-order valence-electron chi connectivity index (χ1n) is 7.63. The molecule has 2 aromatic rings. The maximum absolute atomic E-state index is 11.9. The van der Waals surface area contributed by atoms with E-state index >= 15 is 0 Å². The second kappa shape index (κ2) is 7.47. The number of carbonyl (C=O) groups excluding carboxylic acids is 1. The molecule has 0 aromatic heterocycles. The van der Waals surface area contributed by atoms with Crippen molar-refractivity contribution in [2.24, 2.45) is 0 Å². The van der Waals surface area contributed by atoms with Crippen LogP contribution in [0.25, 0.3) is 6.08 Å². The molecular weight excluding hydrogens is 308 g/mol. The van der Waals surface area contributed by atoms with Gasteiger partial charge in [-0.15, -0.1) is 0 Å². The lowest BCUT2D eigenvalue weighted by molar-refractivity contribution is -0.128. The lowest BCUT2D eigenvalue weighted by Crippen LogP contribution is -2.04. The molecule has 0 atom stereocenters. The van der Waals surface area contributed by atoms with E-state index in [-0.39, 0.29) is 0 Å². The van der Waals surface area contributed by atoms with Crippen molar-refractivity contribution < 1.29 is 9.53 Å². The van der Waals surface area contributed by atoms with E-state index in [9.17, 15) is 4.79 Å². The van der Waals surface area contributed by atoms with Crippen LogP contribution in [0.2, 0.25) is 5.02 Å². The highest BCUT2D eigenvalue weighted by atomic mass is 35.5. The molecule has 0 saturated heterocycles. The molecular formula is C20H21ClO2. The minimum Gasteiger partial charge on any atom is -0.423 e. The molecule has 0 spiro atoms. The molecule has 0 N–H and O–H groups in total. The Bertz CT molecular complexity index is 705.